The molecule has 0 aromatic heterocycles. The number of hydrogen-bond acceptors (Lipinski definition) is 3. The van der Waals surface area contributed by atoms with Crippen molar-refractivity contribution in [1.82, 2.24) is 5.06 Å². The lowest BCUT2D eigenvalue weighted by Gasteiger charge is -2.08. The van der Waals surface area contributed by atoms with Gasteiger partial charge in [-0.15, -0.1) is 0 Å². The van der Waals surface area contributed by atoms with Gasteiger partial charge in [0.25, 0.3) is 0 Å². The molecule has 1 aromatic carbocycles. The molecule has 0 aliphatic rings. The SMILES string of the molecule is CN(O)C(=O)Cc1ccc(CC(=O)Cl)cc1. The van der Waals surface area contributed by atoms with Crippen molar-refractivity contribution in [2.24, 2.45) is 0 Å². The Bertz CT molecular complexity index is 387. The normalized spacial score (nSPS) is 9.94. The zero-order chi connectivity index (χ0) is 12.1. The molecule has 1 N–H and O–H groups in total. The maximum atomic E-state index is 11.2. The van der Waals surface area contributed by atoms with Gasteiger partial charge in [0.15, 0.2) is 0 Å². The molecule has 0 fully saturated rings. The van der Waals surface area contributed by atoms with Gasteiger partial charge in [-0.05, 0) is 22.7 Å². The number of benzene rings is 1. The van der Waals surface area contributed by atoms with Crippen LogP contribution in [-0.4, -0.2) is 28.5 Å². The number of halogens is 1. The van der Waals surface area contributed by atoms with E-state index in [-0.39, 0.29) is 18.7 Å². The smallest absolute Gasteiger partial charge is 0.250 e. The lowest BCUT2D eigenvalue weighted by atomic mass is 10.1. The number of hydroxylamine groups is 2. The van der Waals surface area contributed by atoms with Gasteiger partial charge in [0, 0.05) is 13.5 Å². The molecular formula is C11H12ClNO3. The Labute approximate surface area is 98.4 Å². The van der Waals surface area contributed by atoms with Crippen LogP contribution in [0.4, 0.5) is 0 Å². The van der Waals surface area contributed by atoms with Crippen molar-refractivity contribution in [3.05, 3.63) is 35.4 Å². The van der Waals surface area contributed by atoms with Gasteiger partial charge in [-0.2, -0.15) is 0 Å². The van der Waals surface area contributed by atoms with Crippen LogP contribution in [-0.2, 0) is 22.4 Å². The Morgan fingerprint density at radius 1 is 1.19 bits per heavy atom. The van der Waals surface area contributed by atoms with Crippen molar-refractivity contribution in [3.8, 4) is 0 Å². The molecule has 0 aliphatic carbocycles. The minimum atomic E-state index is -0.418. The number of likely N-dealkylation sites (N-methyl/N-ethyl adjacent to an activating group) is 1. The molecule has 16 heavy (non-hydrogen) atoms. The van der Waals surface area contributed by atoms with E-state index in [4.69, 9.17) is 16.8 Å². The molecule has 1 rings (SSSR count). The average molecular weight is 242 g/mol. The van der Waals surface area contributed by atoms with E-state index >= 15 is 0 Å². The van der Waals surface area contributed by atoms with Crippen LogP contribution in [0.1, 0.15) is 11.1 Å². The standard InChI is InChI=1S/C11H12ClNO3/c1-13(16)11(15)7-9-4-2-8(3-5-9)6-10(12)14/h2-5,16H,6-7H2,1H3. The molecule has 0 atom stereocenters. The summed E-state index contributed by atoms with van der Waals surface area (Å²) in [5, 5.41) is 9.01. The summed E-state index contributed by atoms with van der Waals surface area (Å²) in [7, 11) is 1.28. The van der Waals surface area contributed by atoms with Crippen molar-refractivity contribution in [2.45, 2.75) is 12.8 Å². The molecule has 0 aliphatic heterocycles. The lowest BCUT2D eigenvalue weighted by molar-refractivity contribution is -0.158. The second kappa shape index (κ2) is 5.63. The number of nitrogens with zero attached hydrogens (tertiary/aromatic N) is 1. The molecule has 1 amide bonds. The van der Waals surface area contributed by atoms with Gasteiger partial charge in [0.1, 0.15) is 0 Å². The summed E-state index contributed by atoms with van der Waals surface area (Å²) >= 11 is 5.25. The van der Waals surface area contributed by atoms with Gasteiger partial charge >= 0.3 is 0 Å². The average Bonchev–Trinajstić information content (AvgIpc) is 2.20. The van der Waals surface area contributed by atoms with Gasteiger partial charge in [0.2, 0.25) is 11.1 Å². The van der Waals surface area contributed by atoms with Crippen LogP contribution in [0.3, 0.4) is 0 Å². The van der Waals surface area contributed by atoms with E-state index in [1.165, 1.54) is 7.05 Å². The van der Waals surface area contributed by atoms with Crippen LogP contribution < -0.4 is 0 Å². The highest BCUT2D eigenvalue weighted by molar-refractivity contribution is 6.63. The second-order valence-electron chi connectivity index (χ2n) is 3.44. The first-order valence-corrected chi connectivity index (χ1v) is 5.08. The first kappa shape index (κ1) is 12.7. The number of carbonyl (C=O) groups excluding carboxylic acids is 2. The van der Waals surface area contributed by atoms with Crippen LogP contribution >= 0.6 is 11.6 Å². The number of rotatable bonds is 4. The van der Waals surface area contributed by atoms with E-state index < -0.39 is 5.24 Å². The molecule has 0 saturated carbocycles. The molecular weight excluding hydrogens is 230 g/mol. The highest BCUT2D eigenvalue weighted by Gasteiger charge is 2.07. The van der Waals surface area contributed by atoms with Gasteiger partial charge in [-0.3, -0.25) is 14.8 Å². The van der Waals surface area contributed by atoms with E-state index in [0.717, 1.165) is 11.1 Å². The minimum Gasteiger partial charge on any atom is -0.286 e. The topological polar surface area (TPSA) is 57.6 Å². The molecule has 4 nitrogen and oxygen atoms in total. The van der Waals surface area contributed by atoms with Gasteiger partial charge in [-0.25, -0.2) is 5.06 Å². The first-order valence-electron chi connectivity index (χ1n) is 4.70. The van der Waals surface area contributed by atoms with Crippen molar-refractivity contribution in [3.63, 3.8) is 0 Å². The third-order valence-electron chi connectivity index (χ3n) is 2.08. The van der Waals surface area contributed by atoms with Gasteiger partial charge < -0.3 is 0 Å². The summed E-state index contributed by atoms with van der Waals surface area (Å²) in [6, 6.07) is 6.94. The Hall–Kier alpha value is -1.39. The van der Waals surface area contributed by atoms with Crippen molar-refractivity contribution >= 4 is 22.8 Å². The monoisotopic (exact) mass is 241 g/mol. The number of carbonyl (C=O) groups is 2. The summed E-state index contributed by atoms with van der Waals surface area (Å²) in [4.78, 5) is 21.8. The van der Waals surface area contributed by atoms with Crippen LogP contribution in [0.2, 0.25) is 0 Å². The third kappa shape index (κ3) is 4.00. The lowest BCUT2D eigenvalue weighted by Crippen LogP contribution is -2.24. The summed E-state index contributed by atoms with van der Waals surface area (Å²) in [5.74, 6) is -0.388. The molecule has 0 radical (unpaired) electrons. The fourth-order valence-corrected chi connectivity index (χ4v) is 1.38. The molecule has 1 aromatic rings. The summed E-state index contributed by atoms with van der Waals surface area (Å²) in [5.41, 5.74) is 1.57. The molecule has 0 unspecified atom stereocenters. The minimum absolute atomic E-state index is 0.127. The van der Waals surface area contributed by atoms with E-state index in [2.05, 4.69) is 0 Å². The van der Waals surface area contributed by atoms with Crippen molar-refractivity contribution in [1.29, 1.82) is 0 Å². The Kier molecular flexibility index (Phi) is 4.46. The summed E-state index contributed by atoms with van der Waals surface area (Å²) in [6.07, 6.45) is 0.303. The molecule has 0 heterocycles. The zero-order valence-electron chi connectivity index (χ0n) is 8.81. The highest BCUT2D eigenvalue weighted by atomic mass is 35.5. The van der Waals surface area contributed by atoms with E-state index in [1.807, 2.05) is 0 Å². The van der Waals surface area contributed by atoms with Crippen molar-refractivity contribution < 1.29 is 14.8 Å². The van der Waals surface area contributed by atoms with Crippen LogP contribution in [0.25, 0.3) is 0 Å². The molecule has 0 bridgehead atoms. The maximum Gasteiger partial charge on any atom is 0.250 e. The van der Waals surface area contributed by atoms with E-state index in [9.17, 15) is 9.59 Å². The zero-order valence-corrected chi connectivity index (χ0v) is 9.57. The van der Waals surface area contributed by atoms with E-state index in [0.29, 0.717) is 5.06 Å². The Morgan fingerprint density at radius 3 is 2.00 bits per heavy atom. The quantitative estimate of drug-likeness (QED) is 0.492. The van der Waals surface area contributed by atoms with Crippen molar-refractivity contribution in [2.75, 3.05) is 7.05 Å². The van der Waals surface area contributed by atoms with Crippen LogP contribution in [0.15, 0.2) is 24.3 Å². The predicted molar refractivity (Wildman–Crippen MR) is 59.3 cm³/mol. The third-order valence-corrected chi connectivity index (χ3v) is 2.22. The fourth-order valence-electron chi connectivity index (χ4n) is 1.22. The Balaban J connectivity index is 2.64. The van der Waals surface area contributed by atoms with Crippen LogP contribution in [0, 0.1) is 0 Å². The number of hydrogen-bond donors (Lipinski definition) is 1. The van der Waals surface area contributed by atoms with Gasteiger partial charge in [-0.1, -0.05) is 24.3 Å². The number of amides is 1. The van der Waals surface area contributed by atoms with E-state index in [1.54, 1.807) is 24.3 Å². The molecule has 5 heteroatoms. The summed E-state index contributed by atoms with van der Waals surface area (Å²) < 4.78 is 0. The van der Waals surface area contributed by atoms with Crippen LogP contribution in [0.5, 0.6) is 0 Å². The van der Waals surface area contributed by atoms with Gasteiger partial charge in [0.05, 0.1) is 6.42 Å². The highest BCUT2D eigenvalue weighted by Crippen LogP contribution is 2.07. The molecule has 0 spiro atoms. The first-order chi connectivity index (χ1) is 7.49. The summed E-state index contributed by atoms with van der Waals surface area (Å²) in [6.45, 7) is 0. The molecule has 0 saturated heterocycles. The second-order valence-corrected chi connectivity index (χ2v) is 3.86. The Morgan fingerprint density at radius 2 is 1.62 bits per heavy atom. The molecule has 86 valence electrons. The maximum absolute atomic E-state index is 11.2. The fraction of sp³-hybridized carbons (Fsp3) is 0.273. The predicted octanol–water partition coefficient (Wildman–Crippen LogP) is 1.38. The largest absolute Gasteiger partial charge is 0.286 e.